The second-order valence-corrected chi connectivity index (χ2v) is 5.86. The van der Waals surface area contributed by atoms with E-state index in [0.29, 0.717) is 28.9 Å². The molecule has 1 aromatic heterocycles. The molecule has 0 saturated carbocycles. The highest BCUT2D eigenvalue weighted by molar-refractivity contribution is 7.09. The molecule has 0 bridgehead atoms. The second kappa shape index (κ2) is 6.57. The first-order valence-corrected chi connectivity index (χ1v) is 7.40. The zero-order chi connectivity index (χ0) is 13.8. The number of hydrogen-bond donors (Lipinski definition) is 1. The highest BCUT2D eigenvalue weighted by Gasteiger charge is 2.11. The molecule has 2 aromatic rings. The molecule has 102 valence electrons. The van der Waals surface area contributed by atoms with E-state index in [2.05, 4.69) is 10.3 Å². The van der Waals surface area contributed by atoms with Crippen LogP contribution in [-0.4, -0.2) is 12.0 Å². The van der Waals surface area contributed by atoms with E-state index in [9.17, 15) is 0 Å². The number of benzene rings is 1. The Kier molecular flexibility index (Phi) is 5.05. The van der Waals surface area contributed by atoms with E-state index in [1.807, 2.05) is 25.4 Å². The van der Waals surface area contributed by atoms with Crippen molar-refractivity contribution in [3.63, 3.8) is 0 Å². The fourth-order valence-corrected chi connectivity index (χ4v) is 2.97. The van der Waals surface area contributed by atoms with Gasteiger partial charge in [-0.15, -0.1) is 11.3 Å². The Morgan fingerprint density at radius 2 is 2.16 bits per heavy atom. The first-order valence-electron chi connectivity index (χ1n) is 5.76. The minimum absolute atomic E-state index is 0.413. The molecule has 0 saturated heterocycles. The molecule has 0 aliphatic carbocycles. The number of aromatic nitrogens is 1. The molecule has 0 aliphatic heterocycles. The average molecular weight is 317 g/mol. The van der Waals surface area contributed by atoms with E-state index in [1.54, 1.807) is 17.4 Å². The van der Waals surface area contributed by atoms with Crippen LogP contribution < -0.4 is 10.1 Å². The third kappa shape index (κ3) is 3.83. The highest BCUT2D eigenvalue weighted by Crippen LogP contribution is 2.33. The molecule has 1 N–H and O–H groups in total. The summed E-state index contributed by atoms with van der Waals surface area (Å²) < 4.78 is 5.79. The first kappa shape index (κ1) is 14.6. The molecule has 0 atom stereocenters. The van der Waals surface area contributed by atoms with Gasteiger partial charge in [0.15, 0.2) is 0 Å². The lowest BCUT2D eigenvalue weighted by atomic mass is 10.2. The number of rotatable bonds is 5. The summed E-state index contributed by atoms with van der Waals surface area (Å²) in [7, 11) is 1.86. The van der Waals surface area contributed by atoms with Crippen LogP contribution in [0.25, 0.3) is 0 Å². The standard InChI is InChI=1S/C13H14Cl2N2OS/c1-8-7-19-12(17-8)6-18-13-9(5-16-2)3-10(14)4-11(13)15/h3-4,7,16H,5-6H2,1-2H3. The normalized spacial score (nSPS) is 10.7. The van der Waals surface area contributed by atoms with Crippen molar-refractivity contribution >= 4 is 34.5 Å². The van der Waals surface area contributed by atoms with Crippen LogP contribution in [0, 0.1) is 6.92 Å². The van der Waals surface area contributed by atoms with Gasteiger partial charge in [0.25, 0.3) is 0 Å². The molecule has 1 aromatic carbocycles. The summed E-state index contributed by atoms with van der Waals surface area (Å²) in [6, 6.07) is 3.54. The SMILES string of the molecule is CNCc1cc(Cl)cc(Cl)c1OCc1nc(C)cs1. The predicted octanol–water partition coefficient (Wildman–Crippen LogP) is 4.06. The minimum atomic E-state index is 0.413. The van der Waals surface area contributed by atoms with Gasteiger partial charge < -0.3 is 10.1 Å². The van der Waals surface area contributed by atoms with E-state index in [-0.39, 0.29) is 0 Å². The van der Waals surface area contributed by atoms with E-state index in [0.717, 1.165) is 16.3 Å². The van der Waals surface area contributed by atoms with Crippen LogP contribution in [0.1, 0.15) is 16.3 Å². The fourth-order valence-electron chi connectivity index (χ4n) is 1.70. The molecule has 1 heterocycles. The van der Waals surface area contributed by atoms with Crippen molar-refractivity contribution < 1.29 is 4.74 Å². The van der Waals surface area contributed by atoms with Gasteiger partial charge in [0, 0.05) is 28.2 Å². The number of nitrogens with one attached hydrogen (secondary N) is 1. The molecule has 0 unspecified atom stereocenters. The van der Waals surface area contributed by atoms with Crippen LogP contribution in [0.4, 0.5) is 0 Å². The van der Waals surface area contributed by atoms with Crippen LogP contribution in [0.2, 0.25) is 10.0 Å². The molecular formula is C13H14Cl2N2OS. The van der Waals surface area contributed by atoms with Gasteiger partial charge >= 0.3 is 0 Å². The molecule has 6 heteroatoms. The van der Waals surface area contributed by atoms with Crippen LogP contribution in [0.15, 0.2) is 17.5 Å². The number of hydrogen-bond acceptors (Lipinski definition) is 4. The molecule has 2 rings (SSSR count). The minimum Gasteiger partial charge on any atom is -0.485 e. The van der Waals surface area contributed by atoms with Gasteiger partial charge in [-0.2, -0.15) is 0 Å². The average Bonchev–Trinajstić information content (AvgIpc) is 2.74. The van der Waals surface area contributed by atoms with E-state index in [1.165, 1.54) is 0 Å². The van der Waals surface area contributed by atoms with Gasteiger partial charge in [-0.05, 0) is 26.1 Å². The van der Waals surface area contributed by atoms with Crippen molar-refractivity contribution in [3.8, 4) is 5.75 Å². The smallest absolute Gasteiger partial charge is 0.143 e. The molecule has 0 amide bonds. The summed E-state index contributed by atoms with van der Waals surface area (Å²) in [4.78, 5) is 4.36. The Hall–Kier alpha value is -0.810. The number of nitrogens with zero attached hydrogens (tertiary/aromatic N) is 1. The molecule has 0 fully saturated rings. The summed E-state index contributed by atoms with van der Waals surface area (Å²) in [5.74, 6) is 0.660. The fraction of sp³-hybridized carbons (Fsp3) is 0.308. The number of halogens is 2. The molecule has 0 radical (unpaired) electrons. The zero-order valence-electron chi connectivity index (χ0n) is 10.7. The largest absolute Gasteiger partial charge is 0.485 e. The van der Waals surface area contributed by atoms with Gasteiger partial charge in [0.1, 0.15) is 17.4 Å². The van der Waals surface area contributed by atoms with Crippen LogP contribution in [0.5, 0.6) is 5.75 Å². The topological polar surface area (TPSA) is 34.1 Å². The summed E-state index contributed by atoms with van der Waals surface area (Å²) in [6.45, 7) is 3.02. The van der Waals surface area contributed by atoms with Crippen molar-refractivity contribution in [1.29, 1.82) is 0 Å². The Morgan fingerprint density at radius 3 is 2.79 bits per heavy atom. The van der Waals surface area contributed by atoms with E-state index < -0.39 is 0 Å². The highest BCUT2D eigenvalue weighted by atomic mass is 35.5. The van der Waals surface area contributed by atoms with Crippen molar-refractivity contribution in [2.75, 3.05) is 7.05 Å². The van der Waals surface area contributed by atoms with Crippen molar-refractivity contribution in [1.82, 2.24) is 10.3 Å². The number of thiazole rings is 1. The molecule has 19 heavy (non-hydrogen) atoms. The van der Waals surface area contributed by atoms with Crippen molar-refractivity contribution in [3.05, 3.63) is 43.8 Å². The Balaban J connectivity index is 2.18. The van der Waals surface area contributed by atoms with Crippen LogP contribution in [-0.2, 0) is 13.2 Å². The number of aryl methyl sites for hydroxylation is 1. The maximum atomic E-state index is 6.19. The lowest BCUT2D eigenvalue weighted by Gasteiger charge is -2.12. The molecule has 3 nitrogen and oxygen atoms in total. The Morgan fingerprint density at radius 1 is 1.37 bits per heavy atom. The van der Waals surface area contributed by atoms with Crippen LogP contribution >= 0.6 is 34.5 Å². The first-order chi connectivity index (χ1) is 9.10. The maximum absolute atomic E-state index is 6.19. The monoisotopic (exact) mass is 316 g/mol. The lowest BCUT2D eigenvalue weighted by Crippen LogP contribution is -2.08. The van der Waals surface area contributed by atoms with Crippen LogP contribution in [0.3, 0.4) is 0 Å². The van der Waals surface area contributed by atoms with Crippen molar-refractivity contribution in [2.45, 2.75) is 20.1 Å². The number of ether oxygens (including phenoxy) is 1. The summed E-state index contributed by atoms with van der Waals surface area (Å²) in [5.41, 5.74) is 1.94. The summed E-state index contributed by atoms with van der Waals surface area (Å²) >= 11 is 13.8. The Labute approximate surface area is 126 Å². The quantitative estimate of drug-likeness (QED) is 0.903. The second-order valence-electron chi connectivity index (χ2n) is 4.08. The Bertz CT molecular complexity index is 572. The maximum Gasteiger partial charge on any atom is 0.143 e. The zero-order valence-corrected chi connectivity index (χ0v) is 13.0. The third-order valence-electron chi connectivity index (χ3n) is 2.46. The third-order valence-corrected chi connectivity index (χ3v) is 3.90. The predicted molar refractivity (Wildman–Crippen MR) is 80.4 cm³/mol. The van der Waals surface area contributed by atoms with Gasteiger partial charge in [0.05, 0.1) is 5.02 Å². The molecule has 0 spiro atoms. The molecule has 0 aliphatic rings. The van der Waals surface area contributed by atoms with Gasteiger partial charge in [-0.1, -0.05) is 23.2 Å². The van der Waals surface area contributed by atoms with Gasteiger partial charge in [-0.3, -0.25) is 0 Å². The summed E-state index contributed by atoms with van der Waals surface area (Å²) in [6.07, 6.45) is 0. The van der Waals surface area contributed by atoms with Crippen molar-refractivity contribution in [2.24, 2.45) is 0 Å². The van der Waals surface area contributed by atoms with Gasteiger partial charge in [-0.25, -0.2) is 4.98 Å². The van der Waals surface area contributed by atoms with E-state index in [4.69, 9.17) is 27.9 Å². The van der Waals surface area contributed by atoms with Gasteiger partial charge in [0.2, 0.25) is 0 Å². The summed E-state index contributed by atoms with van der Waals surface area (Å²) in [5, 5.41) is 7.12. The van der Waals surface area contributed by atoms with E-state index >= 15 is 0 Å². The molecular weight excluding hydrogens is 303 g/mol. The lowest BCUT2D eigenvalue weighted by molar-refractivity contribution is 0.302.